The molecule has 116 valence electrons. The lowest BCUT2D eigenvalue weighted by Crippen LogP contribution is -2.23. The molecule has 0 aliphatic rings. The number of halogens is 1. The van der Waals surface area contributed by atoms with E-state index >= 15 is 0 Å². The number of rotatable bonds is 5. The Bertz CT molecular complexity index is 829. The first-order valence-corrected chi connectivity index (χ1v) is 8.15. The van der Waals surface area contributed by atoms with Crippen molar-refractivity contribution in [2.75, 3.05) is 11.9 Å². The van der Waals surface area contributed by atoms with Gasteiger partial charge in [-0.25, -0.2) is 4.98 Å². The highest BCUT2D eigenvalue weighted by Gasteiger charge is 2.06. The second kappa shape index (κ2) is 7.24. The second-order valence-electron chi connectivity index (χ2n) is 5.09. The maximum Gasteiger partial charge on any atom is 0.297 e. The van der Waals surface area contributed by atoms with Gasteiger partial charge in [-0.2, -0.15) is 0 Å². The van der Waals surface area contributed by atoms with Gasteiger partial charge in [0.25, 0.3) is 5.56 Å². The molecule has 0 saturated heterocycles. The summed E-state index contributed by atoms with van der Waals surface area (Å²) in [7, 11) is 0. The van der Waals surface area contributed by atoms with Crippen LogP contribution in [-0.4, -0.2) is 16.1 Å². The maximum atomic E-state index is 12.5. The van der Waals surface area contributed by atoms with E-state index in [1.165, 1.54) is 5.56 Å². The molecule has 0 atom stereocenters. The van der Waals surface area contributed by atoms with Gasteiger partial charge in [-0.3, -0.25) is 9.36 Å². The molecule has 5 heteroatoms. The van der Waals surface area contributed by atoms with Gasteiger partial charge in [-0.15, -0.1) is 0 Å². The van der Waals surface area contributed by atoms with E-state index in [0.29, 0.717) is 12.4 Å². The van der Waals surface area contributed by atoms with Crippen molar-refractivity contribution in [1.82, 2.24) is 9.55 Å². The van der Waals surface area contributed by atoms with E-state index in [0.717, 1.165) is 16.6 Å². The Hall–Kier alpha value is -2.40. The molecule has 4 nitrogen and oxygen atoms in total. The van der Waals surface area contributed by atoms with E-state index in [4.69, 9.17) is 0 Å². The monoisotopic (exact) mass is 369 g/mol. The standard InChI is InChI=1S/C18H16BrN3O/c19-15-6-8-16(9-7-15)22-13-12-21-17(18(22)23)20-11-10-14-4-2-1-3-5-14/h1-9,12-13H,10-11H2,(H,20,21). The fourth-order valence-corrected chi connectivity index (χ4v) is 2.57. The molecule has 3 rings (SSSR count). The molecule has 0 spiro atoms. The molecular weight excluding hydrogens is 354 g/mol. The molecule has 1 aromatic heterocycles. The van der Waals surface area contributed by atoms with Crippen LogP contribution in [0.2, 0.25) is 0 Å². The Morgan fingerprint density at radius 2 is 1.78 bits per heavy atom. The zero-order valence-electron chi connectivity index (χ0n) is 12.4. The minimum absolute atomic E-state index is 0.150. The molecule has 2 aromatic carbocycles. The Balaban J connectivity index is 1.75. The highest BCUT2D eigenvalue weighted by atomic mass is 79.9. The fraction of sp³-hybridized carbons (Fsp3) is 0.111. The van der Waals surface area contributed by atoms with Crippen LogP contribution in [0.15, 0.2) is 76.3 Å². The summed E-state index contributed by atoms with van der Waals surface area (Å²) in [6.07, 6.45) is 4.15. The van der Waals surface area contributed by atoms with Crippen molar-refractivity contribution in [2.24, 2.45) is 0 Å². The minimum atomic E-state index is -0.150. The summed E-state index contributed by atoms with van der Waals surface area (Å²) in [5, 5.41) is 3.13. The number of nitrogens with zero attached hydrogens (tertiary/aromatic N) is 2. The molecule has 0 unspecified atom stereocenters. The fourth-order valence-electron chi connectivity index (χ4n) is 2.31. The zero-order chi connectivity index (χ0) is 16.1. The summed E-state index contributed by atoms with van der Waals surface area (Å²) in [4.78, 5) is 16.7. The smallest absolute Gasteiger partial charge is 0.297 e. The van der Waals surface area contributed by atoms with Crippen molar-refractivity contribution < 1.29 is 0 Å². The molecule has 0 bridgehead atoms. The minimum Gasteiger partial charge on any atom is -0.365 e. The molecular formula is C18H16BrN3O. The highest BCUT2D eigenvalue weighted by Crippen LogP contribution is 2.13. The largest absolute Gasteiger partial charge is 0.365 e. The third-order valence-electron chi connectivity index (χ3n) is 3.49. The Morgan fingerprint density at radius 1 is 1.04 bits per heavy atom. The van der Waals surface area contributed by atoms with Gasteiger partial charge in [-0.1, -0.05) is 46.3 Å². The van der Waals surface area contributed by atoms with Crippen LogP contribution in [0.5, 0.6) is 0 Å². The molecule has 23 heavy (non-hydrogen) atoms. The van der Waals surface area contributed by atoms with Crippen LogP contribution >= 0.6 is 15.9 Å². The van der Waals surface area contributed by atoms with Gasteiger partial charge in [0.1, 0.15) is 0 Å². The molecule has 0 radical (unpaired) electrons. The van der Waals surface area contributed by atoms with Crippen molar-refractivity contribution in [2.45, 2.75) is 6.42 Å². The number of anilines is 1. The summed E-state index contributed by atoms with van der Waals surface area (Å²) in [5.41, 5.74) is 1.89. The topological polar surface area (TPSA) is 46.9 Å². The average Bonchev–Trinajstić information content (AvgIpc) is 2.58. The highest BCUT2D eigenvalue weighted by molar-refractivity contribution is 9.10. The summed E-state index contributed by atoms with van der Waals surface area (Å²) >= 11 is 3.40. The lowest BCUT2D eigenvalue weighted by Gasteiger charge is -2.09. The van der Waals surface area contributed by atoms with Crippen LogP contribution in [0, 0.1) is 0 Å². The van der Waals surface area contributed by atoms with Crippen molar-refractivity contribution in [3.8, 4) is 5.69 Å². The van der Waals surface area contributed by atoms with Gasteiger partial charge in [0.05, 0.1) is 0 Å². The van der Waals surface area contributed by atoms with E-state index < -0.39 is 0 Å². The van der Waals surface area contributed by atoms with Gasteiger partial charge in [0.15, 0.2) is 5.82 Å². The molecule has 0 aliphatic heterocycles. The van der Waals surface area contributed by atoms with Gasteiger partial charge in [0, 0.05) is 29.1 Å². The van der Waals surface area contributed by atoms with Gasteiger partial charge in [0.2, 0.25) is 0 Å². The number of aromatic nitrogens is 2. The number of benzene rings is 2. The van der Waals surface area contributed by atoms with E-state index in [9.17, 15) is 4.79 Å². The summed E-state index contributed by atoms with van der Waals surface area (Å²) < 4.78 is 2.56. The van der Waals surface area contributed by atoms with Crippen molar-refractivity contribution in [3.05, 3.63) is 87.4 Å². The molecule has 0 aliphatic carbocycles. The second-order valence-corrected chi connectivity index (χ2v) is 6.01. The van der Waals surface area contributed by atoms with E-state index in [1.807, 2.05) is 42.5 Å². The Morgan fingerprint density at radius 3 is 2.52 bits per heavy atom. The van der Waals surface area contributed by atoms with E-state index in [2.05, 4.69) is 38.4 Å². The van der Waals surface area contributed by atoms with Crippen LogP contribution in [0.3, 0.4) is 0 Å². The first-order valence-electron chi connectivity index (χ1n) is 7.35. The van der Waals surface area contributed by atoms with Crippen LogP contribution in [0.25, 0.3) is 5.69 Å². The lowest BCUT2D eigenvalue weighted by atomic mass is 10.1. The summed E-state index contributed by atoms with van der Waals surface area (Å²) in [6, 6.07) is 17.7. The molecule has 0 saturated carbocycles. The summed E-state index contributed by atoms with van der Waals surface area (Å²) in [6.45, 7) is 0.663. The van der Waals surface area contributed by atoms with Crippen LogP contribution in [0.4, 0.5) is 5.82 Å². The normalized spacial score (nSPS) is 10.5. The van der Waals surface area contributed by atoms with Gasteiger partial charge < -0.3 is 5.32 Å². The number of nitrogens with one attached hydrogen (secondary N) is 1. The summed E-state index contributed by atoms with van der Waals surface area (Å²) in [5.74, 6) is 0.367. The van der Waals surface area contributed by atoms with Crippen LogP contribution in [0.1, 0.15) is 5.56 Å². The number of hydrogen-bond acceptors (Lipinski definition) is 3. The van der Waals surface area contributed by atoms with Crippen LogP contribution in [-0.2, 0) is 6.42 Å². The third-order valence-corrected chi connectivity index (χ3v) is 4.02. The quantitative estimate of drug-likeness (QED) is 0.746. The predicted molar refractivity (Wildman–Crippen MR) is 96.2 cm³/mol. The zero-order valence-corrected chi connectivity index (χ0v) is 14.0. The molecule has 1 heterocycles. The predicted octanol–water partition coefficient (Wildman–Crippen LogP) is 3.65. The van der Waals surface area contributed by atoms with E-state index in [1.54, 1.807) is 17.0 Å². The first-order chi connectivity index (χ1) is 11.2. The third kappa shape index (κ3) is 3.87. The van der Waals surface area contributed by atoms with Crippen molar-refractivity contribution in [3.63, 3.8) is 0 Å². The Kier molecular flexibility index (Phi) is 4.88. The van der Waals surface area contributed by atoms with Crippen molar-refractivity contribution >= 4 is 21.7 Å². The van der Waals surface area contributed by atoms with Crippen LogP contribution < -0.4 is 10.9 Å². The number of hydrogen-bond donors (Lipinski definition) is 1. The molecule has 0 fully saturated rings. The van der Waals surface area contributed by atoms with Gasteiger partial charge in [-0.05, 0) is 36.2 Å². The molecule has 0 amide bonds. The SMILES string of the molecule is O=c1c(NCCc2ccccc2)nccn1-c1ccc(Br)cc1. The molecule has 1 N–H and O–H groups in total. The van der Waals surface area contributed by atoms with E-state index in [-0.39, 0.29) is 5.56 Å². The van der Waals surface area contributed by atoms with Gasteiger partial charge >= 0.3 is 0 Å². The maximum absolute atomic E-state index is 12.5. The van der Waals surface area contributed by atoms with Crippen molar-refractivity contribution in [1.29, 1.82) is 0 Å². The molecule has 3 aromatic rings. The average molecular weight is 370 g/mol. The Labute approximate surface area is 143 Å². The first kappa shape index (κ1) is 15.5. The lowest BCUT2D eigenvalue weighted by molar-refractivity contribution is 0.932.